The van der Waals surface area contributed by atoms with Crippen molar-refractivity contribution < 1.29 is 12.8 Å². The standard InChI is InChI=1S/C25H27FN4O2S/c1-16-11-17(2)25(18(3)12-16)33(31,32)29-19(4)14-27-23-9-6-10-24-22(23)15-28-30(24)21-8-5-7-20(26)13-21/h5-13,15,19,27,29H,14H2,1-4H3/t19-/m0/s1. The van der Waals surface area contributed by atoms with Crippen LogP contribution >= 0.6 is 0 Å². The fourth-order valence-electron chi connectivity index (χ4n) is 4.24. The fraction of sp³-hybridized carbons (Fsp3) is 0.240. The summed E-state index contributed by atoms with van der Waals surface area (Å²) < 4.78 is 44.2. The molecule has 172 valence electrons. The van der Waals surface area contributed by atoms with Crippen molar-refractivity contribution in [1.29, 1.82) is 0 Å². The van der Waals surface area contributed by atoms with Gasteiger partial charge in [-0.3, -0.25) is 0 Å². The van der Waals surface area contributed by atoms with E-state index in [1.807, 2.05) is 58.0 Å². The molecular weight excluding hydrogens is 439 g/mol. The van der Waals surface area contributed by atoms with Crippen molar-refractivity contribution in [1.82, 2.24) is 14.5 Å². The Bertz CT molecular complexity index is 1410. The number of rotatable bonds is 7. The average Bonchev–Trinajstić information content (AvgIpc) is 3.15. The van der Waals surface area contributed by atoms with Crippen molar-refractivity contribution in [3.8, 4) is 5.69 Å². The second-order valence-corrected chi connectivity index (χ2v) is 10.1. The zero-order chi connectivity index (χ0) is 23.8. The van der Waals surface area contributed by atoms with Crippen molar-refractivity contribution in [3.63, 3.8) is 0 Å². The lowest BCUT2D eigenvalue weighted by molar-refractivity contribution is 0.564. The van der Waals surface area contributed by atoms with Crippen molar-refractivity contribution in [3.05, 3.63) is 83.3 Å². The Morgan fingerprint density at radius 3 is 2.42 bits per heavy atom. The Balaban J connectivity index is 1.52. The Labute approximate surface area is 193 Å². The number of halogens is 1. The van der Waals surface area contributed by atoms with Crippen LogP contribution in [0.25, 0.3) is 16.6 Å². The number of aryl methyl sites for hydroxylation is 3. The van der Waals surface area contributed by atoms with Crippen molar-refractivity contribution in [2.24, 2.45) is 0 Å². The van der Waals surface area contributed by atoms with Crippen LogP contribution in [-0.4, -0.2) is 30.8 Å². The third kappa shape index (κ3) is 4.77. The van der Waals surface area contributed by atoms with Crippen LogP contribution in [-0.2, 0) is 10.0 Å². The molecule has 0 spiro atoms. The second-order valence-electron chi connectivity index (χ2n) is 8.41. The molecule has 4 rings (SSSR count). The molecule has 0 aliphatic carbocycles. The monoisotopic (exact) mass is 466 g/mol. The molecule has 6 nitrogen and oxygen atoms in total. The van der Waals surface area contributed by atoms with Crippen LogP contribution in [0.1, 0.15) is 23.6 Å². The van der Waals surface area contributed by atoms with E-state index in [1.54, 1.807) is 23.0 Å². The molecule has 2 N–H and O–H groups in total. The maximum Gasteiger partial charge on any atom is 0.241 e. The number of sulfonamides is 1. The SMILES string of the molecule is Cc1cc(C)c(S(=O)(=O)N[C@@H](C)CNc2cccc3c2cnn3-c2cccc(F)c2)c(C)c1. The van der Waals surface area contributed by atoms with Gasteiger partial charge in [-0.15, -0.1) is 0 Å². The van der Waals surface area contributed by atoms with E-state index in [2.05, 4.69) is 15.1 Å². The van der Waals surface area contributed by atoms with Crippen LogP contribution in [0.3, 0.4) is 0 Å². The number of nitrogens with one attached hydrogen (secondary N) is 2. The van der Waals surface area contributed by atoms with E-state index in [4.69, 9.17) is 0 Å². The first-order chi connectivity index (χ1) is 15.7. The van der Waals surface area contributed by atoms with Gasteiger partial charge in [0.15, 0.2) is 0 Å². The Hall–Kier alpha value is -3.23. The van der Waals surface area contributed by atoms with Gasteiger partial charge in [0.25, 0.3) is 0 Å². The molecule has 0 aliphatic heterocycles. The normalized spacial score (nSPS) is 12.8. The summed E-state index contributed by atoms with van der Waals surface area (Å²) in [7, 11) is -3.66. The van der Waals surface area contributed by atoms with Crippen LogP contribution in [0.2, 0.25) is 0 Å². The topological polar surface area (TPSA) is 76.0 Å². The minimum atomic E-state index is -3.66. The van der Waals surface area contributed by atoms with Gasteiger partial charge in [0.1, 0.15) is 5.82 Å². The molecule has 8 heteroatoms. The molecule has 0 aliphatic rings. The molecule has 0 radical (unpaired) electrons. The van der Waals surface area contributed by atoms with Crippen LogP contribution < -0.4 is 10.0 Å². The Kier molecular flexibility index (Phi) is 6.23. The highest BCUT2D eigenvalue weighted by atomic mass is 32.2. The van der Waals surface area contributed by atoms with E-state index in [0.29, 0.717) is 17.1 Å². The van der Waals surface area contributed by atoms with Crippen molar-refractivity contribution in [2.75, 3.05) is 11.9 Å². The summed E-state index contributed by atoms with van der Waals surface area (Å²) in [6, 6.07) is 15.4. The van der Waals surface area contributed by atoms with Gasteiger partial charge in [-0.25, -0.2) is 22.2 Å². The molecule has 33 heavy (non-hydrogen) atoms. The van der Waals surface area contributed by atoms with Gasteiger partial charge in [-0.1, -0.05) is 29.8 Å². The van der Waals surface area contributed by atoms with Crippen LogP contribution in [0, 0.1) is 26.6 Å². The van der Waals surface area contributed by atoms with Gasteiger partial charge in [0, 0.05) is 23.7 Å². The predicted molar refractivity (Wildman–Crippen MR) is 130 cm³/mol. The lowest BCUT2D eigenvalue weighted by atomic mass is 10.1. The lowest BCUT2D eigenvalue weighted by Crippen LogP contribution is -2.38. The largest absolute Gasteiger partial charge is 0.383 e. The lowest BCUT2D eigenvalue weighted by Gasteiger charge is -2.18. The van der Waals surface area contributed by atoms with Crippen LogP contribution in [0.5, 0.6) is 0 Å². The smallest absolute Gasteiger partial charge is 0.241 e. The number of hydrogen-bond donors (Lipinski definition) is 2. The van der Waals surface area contributed by atoms with Gasteiger partial charge in [0.05, 0.1) is 22.3 Å². The number of benzene rings is 3. The number of anilines is 1. The van der Waals surface area contributed by atoms with Crippen LogP contribution in [0.15, 0.2) is 65.7 Å². The maximum absolute atomic E-state index is 13.7. The van der Waals surface area contributed by atoms with E-state index in [1.165, 1.54) is 12.1 Å². The molecule has 1 atom stereocenters. The fourth-order valence-corrected chi connectivity index (χ4v) is 5.93. The van der Waals surface area contributed by atoms with E-state index >= 15 is 0 Å². The van der Waals surface area contributed by atoms with Gasteiger partial charge in [-0.05, 0) is 69.2 Å². The zero-order valence-corrected chi connectivity index (χ0v) is 19.9. The molecule has 3 aromatic carbocycles. The molecule has 0 saturated carbocycles. The highest BCUT2D eigenvalue weighted by molar-refractivity contribution is 7.89. The summed E-state index contributed by atoms with van der Waals surface area (Å²) in [6.07, 6.45) is 1.72. The Morgan fingerprint density at radius 2 is 1.73 bits per heavy atom. The number of hydrogen-bond acceptors (Lipinski definition) is 4. The summed E-state index contributed by atoms with van der Waals surface area (Å²) in [5.41, 5.74) is 4.77. The minimum Gasteiger partial charge on any atom is -0.383 e. The minimum absolute atomic E-state index is 0.328. The first-order valence-corrected chi connectivity index (χ1v) is 12.2. The van der Waals surface area contributed by atoms with Gasteiger partial charge in [-0.2, -0.15) is 5.10 Å². The third-order valence-electron chi connectivity index (χ3n) is 5.49. The van der Waals surface area contributed by atoms with E-state index in [-0.39, 0.29) is 11.9 Å². The molecular formula is C25H27FN4O2S. The molecule has 1 heterocycles. The van der Waals surface area contributed by atoms with Crippen molar-refractivity contribution in [2.45, 2.75) is 38.6 Å². The van der Waals surface area contributed by atoms with E-state index < -0.39 is 10.0 Å². The molecule has 1 aromatic heterocycles. The van der Waals surface area contributed by atoms with Crippen molar-refractivity contribution >= 4 is 26.6 Å². The summed E-state index contributed by atoms with van der Waals surface area (Å²) in [5.74, 6) is -0.328. The second kappa shape index (κ2) is 8.96. The Morgan fingerprint density at radius 1 is 1.03 bits per heavy atom. The summed E-state index contributed by atoms with van der Waals surface area (Å²) >= 11 is 0. The summed E-state index contributed by atoms with van der Waals surface area (Å²) in [4.78, 5) is 0.332. The summed E-state index contributed by atoms with van der Waals surface area (Å²) in [6.45, 7) is 7.78. The van der Waals surface area contributed by atoms with Crippen LogP contribution in [0.4, 0.5) is 10.1 Å². The molecule has 0 amide bonds. The highest BCUT2D eigenvalue weighted by Gasteiger charge is 2.22. The number of aromatic nitrogens is 2. The van der Waals surface area contributed by atoms with Gasteiger partial charge in [0.2, 0.25) is 10.0 Å². The van der Waals surface area contributed by atoms with Gasteiger partial charge >= 0.3 is 0 Å². The quantitative estimate of drug-likeness (QED) is 0.408. The molecule has 0 saturated heterocycles. The van der Waals surface area contributed by atoms with Gasteiger partial charge < -0.3 is 5.32 Å². The number of nitrogens with zero attached hydrogens (tertiary/aromatic N) is 2. The first-order valence-electron chi connectivity index (χ1n) is 10.7. The highest BCUT2D eigenvalue weighted by Crippen LogP contribution is 2.26. The zero-order valence-electron chi connectivity index (χ0n) is 19.1. The number of fused-ring (bicyclic) bond motifs is 1. The van der Waals surface area contributed by atoms with E-state index in [0.717, 1.165) is 33.3 Å². The molecule has 0 unspecified atom stereocenters. The van der Waals surface area contributed by atoms with E-state index in [9.17, 15) is 12.8 Å². The first kappa shape index (κ1) is 22.9. The predicted octanol–water partition coefficient (Wildman–Crippen LogP) is 4.87. The third-order valence-corrected chi connectivity index (χ3v) is 7.39. The summed E-state index contributed by atoms with van der Waals surface area (Å²) in [5, 5.41) is 8.60. The molecule has 0 bridgehead atoms. The molecule has 0 fully saturated rings. The maximum atomic E-state index is 13.7. The molecule has 4 aromatic rings. The average molecular weight is 467 g/mol.